The van der Waals surface area contributed by atoms with Gasteiger partial charge in [-0.25, -0.2) is 0 Å². The van der Waals surface area contributed by atoms with Gasteiger partial charge in [-0.1, -0.05) is 20.8 Å². The minimum absolute atomic E-state index is 0.387. The van der Waals surface area contributed by atoms with Crippen molar-refractivity contribution in [2.45, 2.75) is 46.7 Å². The van der Waals surface area contributed by atoms with Gasteiger partial charge in [0.1, 0.15) is 0 Å². The Hall–Kier alpha value is -0.0800. The van der Waals surface area contributed by atoms with Crippen LogP contribution in [0.3, 0.4) is 0 Å². The van der Waals surface area contributed by atoms with Crippen molar-refractivity contribution < 1.29 is 0 Å². The van der Waals surface area contributed by atoms with Crippen LogP contribution >= 0.6 is 0 Å². The molecule has 0 amide bonds. The van der Waals surface area contributed by atoms with E-state index in [4.69, 9.17) is 0 Å². The van der Waals surface area contributed by atoms with E-state index in [1.807, 2.05) is 0 Å². The van der Waals surface area contributed by atoms with E-state index >= 15 is 0 Å². The maximum atomic E-state index is 3.48. The van der Waals surface area contributed by atoms with Crippen molar-refractivity contribution in [3.63, 3.8) is 0 Å². The molecule has 1 heterocycles. The lowest BCUT2D eigenvalue weighted by Gasteiger charge is -2.45. The van der Waals surface area contributed by atoms with Gasteiger partial charge in [-0.3, -0.25) is 4.90 Å². The highest BCUT2D eigenvalue weighted by molar-refractivity contribution is 4.89. The normalized spacial score (nSPS) is 26.8. The fraction of sp³-hybridized carbons (Fsp3) is 1.00. The van der Waals surface area contributed by atoms with Gasteiger partial charge in [-0.15, -0.1) is 0 Å². The summed E-state index contributed by atoms with van der Waals surface area (Å²) in [5.74, 6) is 0. The predicted octanol–water partition coefficient (Wildman–Crippen LogP) is 1.71. The van der Waals surface area contributed by atoms with Crippen LogP contribution in [-0.2, 0) is 0 Å². The summed E-state index contributed by atoms with van der Waals surface area (Å²) in [4.78, 5) is 2.62. The van der Waals surface area contributed by atoms with Crippen LogP contribution in [0.15, 0.2) is 0 Å². The van der Waals surface area contributed by atoms with Gasteiger partial charge < -0.3 is 5.32 Å². The zero-order chi connectivity index (χ0) is 10.1. The second-order valence-electron chi connectivity index (χ2n) is 5.42. The highest BCUT2D eigenvalue weighted by Gasteiger charge is 2.33. The molecule has 0 aliphatic carbocycles. The summed E-state index contributed by atoms with van der Waals surface area (Å²) in [5.41, 5.74) is 0.387. The highest BCUT2D eigenvalue weighted by atomic mass is 15.2. The van der Waals surface area contributed by atoms with E-state index in [-0.39, 0.29) is 0 Å². The first kappa shape index (κ1) is 11.0. The minimum atomic E-state index is 0.387. The van der Waals surface area contributed by atoms with Crippen LogP contribution in [0.4, 0.5) is 0 Å². The van der Waals surface area contributed by atoms with Gasteiger partial charge in [0.2, 0.25) is 0 Å². The van der Waals surface area contributed by atoms with Gasteiger partial charge in [0.05, 0.1) is 0 Å². The van der Waals surface area contributed by atoms with E-state index in [9.17, 15) is 0 Å². The standard InChI is InChI=1S/C11H24N2/c1-9(2)13-7-6-12-8-10(13)11(3,4)5/h9-10,12H,6-8H2,1-5H3/t10-/m0/s1. The smallest absolute Gasteiger partial charge is 0.0272 e. The summed E-state index contributed by atoms with van der Waals surface area (Å²) in [6.07, 6.45) is 0. The zero-order valence-corrected chi connectivity index (χ0v) is 9.72. The van der Waals surface area contributed by atoms with Crippen molar-refractivity contribution >= 4 is 0 Å². The van der Waals surface area contributed by atoms with Crippen molar-refractivity contribution in [3.8, 4) is 0 Å². The monoisotopic (exact) mass is 184 g/mol. The second kappa shape index (κ2) is 3.97. The molecule has 2 nitrogen and oxygen atoms in total. The Kier molecular flexibility index (Phi) is 3.36. The summed E-state index contributed by atoms with van der Waals surface area (Å²) >= 11 is 0. The van der Waals surface area contributed by atoms with Gasteiger partial charge >= 0.3 is 0 Å². The SMILES string of the molecule is CC(C)N1CCNC[C@H]1C(C)(C)C. The summed E-state index contributed by atoms with van der Waals surface area (Å²) in [7, 11) is 0. The van der Waals surface area contributed by atoms with E-state index in [1.165, 1.54) is 6.54 Å². The fourth-order valence-electron chi connectivity index (χ4n) is 2.14. The van der Waals surface area contributed by atoms with Crippen molar-refractivity contribution in [2.75, 3.05) is 19.6 Å². The molecule has 78 valence electrons. The van der Waals surface area contributed by atoms with Crippen molar-refractivity contribution in [2.24, 2.45) is 5.41 Å². The number of hydrogen-bond donors (Lipinski definition) is 1. The molecule has 2 heteroatoms. The number of nitrogens with zero attached hydrogens (tertiary/aromatic N) is 1. The Labute approximate surface area is 82.7 Å². The van der Waals surface area contributed by atoms with Crippen molar-refractivity contribution in [1.82, 2.24) is 10.2 Å². The maximum absolute atomic E-state index is 3.48. The van der Waals surface area contributed by atoms with Crippen LogP contribution in [0.25, 0.3) is 0 Å². The Bertz CT molecular complexity index is 158. The van der Waals surface area contributed by atoms with Gasteiger partial charge in [0.15, 0.2) is 0 Å². The average Bonchev–Trinajstić information content (AvgIpc) is 2.03. The first-order valence-electron chi connectivity index (χ1n) is 5.39. The molecule has 1 atom stereocenters. The molecule has 0 aromatic rings. The quantitative estimate of drug-likeness (QED) is 0.667. The van der Waals surface area contributed by atoms with Gasteiger partial charge in [-0.2, -0.15) is 0 Å². The lowest BCUT2D eigenvalue weighted by atomic mass is 9.84. The molecule has 0 saturated carbocycles. The van der Waals surface area contributed by atoms with E-state index < -0.39 is 0 Å². The van der Waals surface area contributed by atoms with Crippen LogP contribution in [0.2, 0.25) is 0 Å². The molecule has 1 aliphatic heterocycles. The molecule has 13 heavy (non-hydrogen) atoms. The van der Waals surface area contributed by atoms with E-state index in [0.717, 1.165) is 13.1 Å². The first-order chi connectivity index (χ1) is 5.93. The molecule has 0 radical (unpaired) electrons. The summed E-state index contributed by atoms with van der Waals surface area (Å²) in [5, 5.41) is 3.48. The molecule has 0 aromatic carbocycles. The van der Waals surface area contributed by atoms with Crippen LogP contribution in [0.1, 0.15) is 34.6 Å². The van der Waals surface area contributed by atoms with Crippen LogP contribution in [0, 0.1) is 5.41 Å². The lowest BCUT2D eigenvalue weighted by Crippen LogP contribution is -2.58. The van der Waals surface area contributed by atoms with Gasteiger partial charge in [-0.05, 0) is 19.3 Å². The van der Waals surface area contributed by atoms with Crippen molar-refractivity contribution in [1.29, 1.82) is 0 Å². The molecule has 0 unspecified atom stereocenters. The molecule has 0 bridgehead atoms. The van der Waals surface area contributed by atoms with Crippen LogP contribution in [0.5, 0.6) is 0 Å². The van der Waals surface area contributed by atoms with Crippen molar-refractivity contribution in [3.05, 3.63) is 0 Å². The Morgan fingerprint density at radius 2 is 1.92 bits per heavy atom. The zero-order valence-electron chi connectivity index (χ0n) is 9.72. The van der Waals surface area contributed by atoms with Gasteiger partial charge in [0.25, 0.3) is 0 Å². The first-order valence-corrected chi connectivity index (χ1v) is 5.39. The van der Waals surface area contributed by atoms with E-state index in [2.05, 4.69) is 44.8 Å². The van der Waals surface area contributed by atoms with Crippen LogP contribution in [-0.4, -0.2) is 36.6 Å². The molecular formula is C11H24N2. The summed E-state index contributed by atoms with van der Waals surface area (Å²) in [6.45, 7) is 15.1. The fourth-order valence-corrected chi connectivity index (χ4v) is 2.14. The number of nitrogens with one attached hydrogen (secondary N) is 1. The third-order valence-electron chi connectivity index (χ3n) is 2.95. The molecular weight excluding hydrogens is 160 g/mol. The second-order valence-corrected chi connectivity index (χ2v) is 5.42. The summed E-state index contributed by atoms with van der Waals surface area (Å²) in [6, 6.07) is 1.35. The van der Waals surface area contributed by atoms with Gasteiger partial charge in [0, 0.05) is 31.7 Å². The average molecular weight is 184 g/mol. The lowest BCUT2D eigenvalue weighted by molar-refractivity contribution is 0.0498. The summed E-state index contributed by atoms with van der Waals surface area (Å²) < 4.78 is 0. The highest BCUT2D eigenvalue weighted by Crippen LogP contribution is 2.26. The number of rotatable bonds is 1. The molecule has 1 saturated heterocycles. The molecule has 1 fully saturated rings. The maximum Gasteiger partial charge on any atom is 0.0272 e. The third-order valence-corrected chi connectivity index (χ3v) is 2.95. The molecule has 1 rings (SSSR count). The Morgan fingerprint density at radius 1 is 1.31 bits per heavy atom. The van der Waals surface area contributed by atoms with E-state index in [1.54, 1.807) is 0 Å². The topological polar surface area (TPSA) is 15.3 Å². The number of piperazine rings is 1. The Balaban J connectivity index is 2.67. The largest absolute Gasteiger partial charge is 0.314 e. The minimum Gasteiger partial charge on any atom is -0.314 e. The van der Waals surface area contributed by atoms with Crippen LogP contribution < -0.4 is 5.32 Å². The number of hydrogen-bond acceptors (Lipinski definition) is 2. The Morgan fingerprint density at radius 3 is 2.31 bits per heavy atom. The molecule has 1 aliphatic rings. The molecule has 0 aromatic heterocycles. The third kappa shape index (κ3) is 2.68. The molecule has 0 spiro atoms. The molecule has 1 N–H and O–H groups in total. The van der Waals surface area contributed by atoms with E-state index in [0.29, 0.717) is 17.5 Å². The predicted molar refractivity (Wildman–Crippen MR) is 58.0 cm³/mol.